The first-order valence-corrected chi connectivity index (χ1v) is 6.07. The minimum absolute atomic E-state index is 0.352. The summed E-state index contributed by atoms with van der Waals surface area (Å²) in [5.74, 6) is -1.77. The van der Waals surface area contributed by atoms with E-state index in [1.165, 1.54) is 0 Å². The van der Waals surface area contributed by atoms with Gasteiger partial charge in [0.15, 0.2) is 10.8 Å². The average molecular weight is 265 g/mol. The van der Waals surface area contributed by atoms with Crippen LogP contribution in [0.25, 0.3) is 0 Å². The topological polar surface area (TPSA) is 124 Å². The van der Waals surface area contributed by atoms with Crippen molar-refractivity contribution in [2.24, 2.45) is 22.7 Å². The number of nitrogens with zero attached hydrogens (tertiary/aromatic N) is 4. The summed E-state index contributed by atoms with van der Waals surface area (Å²) >= 11 is 0. The molecule has 6 nitrogen and oxygen atoms in total. The molecule has 1 saturated heterocycles. The summed E-state index contributed by atoms with van der Waals surface area (Å²) in [6, 6.07) is 6.45. The highest BCUT2D eigenvalue weighted by Crippen LogP contribution is 2.56. The Labute approximate surface area is 116 Å². The predicted molar refractivity (Wildman–Crippen MR) is 65.7 cm³/mol. The lowest BCUT2D eigenvalue weighted by Crippen LogP contribution is -2.55. The average Bonchev–Trinajstić information content (AvgIpc) is 2.60. The van der Waals surface area contributed by atoms with Crippen LogP contribution in [-0.4, -0.2) is 11.9 Å². The van der Waals surface area contributed by atoms with Gasteiger partial charge in [0.05, 0.1) is 30.3 Å². The van der Waals surface area contributed by atoms with Gasteiger partial charge in [-0.1, -0.05) is 18.6 Å². The van der Waals surface area contributed by atoms with Crippen molar-refractivity contribution in [3.8, 4) is 24.3 Å². The SMILES string of the molecule is CC1=C[C@H]2NC(=O)[C@@H](C)[C@H]1C(C#N)(C#N)C2(C#N)C#N. The Morgan fingerprint density at radius 1 is 1.10 bits per heavy atom. The maximum atomic E-state index is 12.1. The zero-order chi connectivity index (χ0) is 15.1. The van der Waals surface area contributed by atoms with Gasteiger partial charge in [-0.3, -0.25) is 4.79 Å². The van der Waals surface area contributed by atoms with E-state index in [1.54, 1.807) is 19.9 Å². The van der Waals surface area contributed by atoms with Crippen LogP contribution in [-0.2, 0) is 4.79 Å². The lowest BCUT2D eigenvalue weighted by Gasteiger charge is -2.43. The zero-order valence-corrected chi connectivity index (χ0v) is 11.0. The second kappa shape index (κ2) is 4.09. The highest BCUT2D eigenvalue weighted by molar-refractivity contribution is 5.82. The van der Waals surface area contributed by atoms with Crippen molar-refractivity contribution >= 4 is 5.91 Å². The summed E-state index contributed by atoms with van der Waals surface area (Å²) in [7, 11) is 0. The summed E-state index contributed by atoms with van der Waals surface area (Å²) in [4.78, 5) is 12.1. The van der Waals surface area contributed by atoms with Crippen LogP contribution in [0.4, 0.5) is 0 Å². The Kier molecular flexibility index (Phi) is 2.78. The second-order valence-electron chi connectivity index (χ2n) is 5.23. The molecule has 1 N–H and O–H groups in total. The van der Waals surface area contributed by atoms with E-state index >= 15 is 0 Å². The van der Waals surface area contributed by atoms with E-state index in [4.69, 9.17) is 0 Å². The molecular weight excluding hydrogens is 254 g/mol. The van der Waals surface area contributed by atoms with Gasteiger partial charge >= 0.3 is 0 Å². The van der Waals surface area contributed by atoms with Crippen LogP contribution in [0.3, 0.4) is 0 Å². The fraction of sp³-hybridized carbons (Fsp3) is 0.500. The van der Waals surface area contributed by atoms with Gasteiger partial charge in [-0.25, -0.2) is 0 Å². The number of allylic oxidation sites excluding steroid dienone is 1. The van der Waals surface area contributed by atoms with Gasteiger partial charge in [0.1, 0.15) is 0 Å². The minimum Gasteiger partial charge on any atom is -0.347 e. The van der Waals surface area contributed by atoms with Crippen LogP contribution >= 0.6 is 0 Å². The standard InChI is InChI=1S/C14H11N5O/c1-8-3-10-13(4-15,5-16)14(6-17,7-18)11(8)9(2)12(20)19-10/h3,9-11H,1-2H3,(H,19,20)/t9-,10+,11-/m0/s1. The van der Waals surface area contributed by atoms with E-state index in [0.29, 0.717) is 5.57 Å². The van der Waals surface area contributed by atoms with Crippen molar-refractivity contribution < 1.29 is 4.79 Å². The van der Waals surface area contributed by atoms with Gasteiger partial charge < -0.3 is 5.32 Å². The van der Waals surface area contributed by atoms with Gasteiger partial charge in [-0.15, -0.1) is 0 Å². The van der Waals surface area contributed by atoms with Crippen molar-refractivity contribution in [2.75, 3.05) is 0 Å². The number of carbonyl (C=O) groups excluding carboxylic acids is 1. The Bertz CT molecular complexity index is 650. The number of fused-ring (bicyclic) bond motifs is 3. The van der Waals surface area contributed by atoms with E-state index in [9.17, 15) is 25.8 Å². The molecule has 98 valence electrons. The van der Waals surface area contributed by atoms with Crippen LogP contribution in [0, 0.1) is 68.0 Å². The summed E-state index contributed by atoms with van der Waals surface area (Å²) in [6.07, 6.45) is 1.62. The molecule has 0 aromatic carbocycles. The zero-order valence-electron chi connectivity index (χ0n) is 11.0. The molecule has 0 spiro atoms. The third-order valence-electron chi connectivity index (χ3n) is 4.39. The van der Waals surface area contributed by atoms with Crippen LogP contribution in [0.1, 0.15) is 13.8 Å². The number of rotatable bonds is 0. The molecule has 3 atom stereocenters. The molecular formula is C14H11N5O. The first-order chi connectivity index (χ1) is 9.44. The van der Waals surface area contributed by atoms with E-state index in [-0.39, 0.29) is 5.91 Å². The normalized spacial score (nSPS) is 32.4. The Morgan fingerprint density at radius 3 is 2.05 bits per heavy atom. The molecule has 2 heterocycles. The number of carbonyl (C=O) groups is 1. The summed E-state index contributed by atoms with van der Waals surface area (Å²) in [5, 5.41) is 40.7. The molecule has 3 rings (SSSR count). The molecule has 1 aliphatic carbocycles. The maximum absolute atomic E-state index is 12.1. The number of nitriles is 4. The Morgan fingerprint density at radius 2 is 1.60 bits per heavy atom. The number of nitrogens with one attached hydrogen (secondary N) is 1. The van der Waals surface area contributed by atoms with Gasteiger partial charge in [0.25, 0.3) is 0 Å². The van der Waals surface area contributed by atoms with Gasteiger partial charge in [-0.2, -0.15) is 21.0 Å². The van der Waals surface area contributed by atoms with Crippen LogP contribution in [0.2, 0.25) is 0 Å². The van der Waals surface area contributed by atoms with Crippen LogP contribution < -0.4 is 5.32 Å². The molecule has 20 heavy (non-hydrogen) atoms. The molecule has 0 aromatic rings. The van der Waals surface area contributed by atoms with Gasteiger partial charge in [0, 0.05) is 11.8 Å². The Balaban J connectivity index is 2.92. The Hall–Kier alpha value is -2.83. The monoisotopic (exact) mass is 265 g/mol. The third kappa shape index (κ3) is 1.21. The largest absolute Gasteiger partial charge is 0.347 e. The van der Waals surface area contributed by atoms with Crippen molar-refractivity contribution in [3.05, 3.63) is 11.6 Å². The molecule has 0 saturated carbocycles. The van der Waals surface area contributed by atoms with E-state index in [0.717, 1.165) is 0 Å². The van der Waals surface area contributed by atoms with E-state index in [2.05, 4.69) is 5.32 Å². The van der Waals surface area contributed by atoms with Crippen LogP contribution in [0.5, 0.6) is 0 Å². The van der Waals surface area contributed by atoms with E-state index < -0.39 is 28.7 Å². The molecule has 0 radical (unpaired) electrons. The second-order valence-corrected chi connectivity index (χ2v) is 5.23. The molecule has 6 heteroatoms. The summed E-state index contributed by atoms with van der Waals surface area (Å²) in [5.41, 5.74) is -3.08. The van der Waals surface area contributed by atoms with Crippen molar-refractivity contribution in [3.63, 3.8) is 0 Å². The van der Waals surface area contributed by atoms with Crippen molar-refractivity contribution in [1.29, 1.82) is 21.0 Å². The lowest BCUT2D eigenvalue weighted by atomic mass is 9.51. The highest BCUT2D eigenvalue weighted by atomic mass is 16.2. The first-order valence-electron chi connectivity index (χ1n) is 6.07. The van der Waals surface area contributed by atoms with Crippen molar-refractivity contribution in [1.82, 2.24) is 5.32 Å². The quantitative estimate of drug-likeness (QED) is 0.647. The first kappa shape index (κ1) is 13.6. The maximum Gasteiger partial charge on any atom is 0.224 e. The molecule has 1 fully saturated rings. The van der Waals surface area contributed by atoms with Gasteiger partial charge in [0.2, 0.25) is 5.91 Å². The molecule has 2 aliphatic heterocycles. The third-order valence-corrected chi connectivity index (χ3v) is 4.39. The fourth-order valence-electron chi connectivity index (χ4n) is 3.36. The fourth-order valence-corrected chi connectivity index (χ4v) is 3.36. The number of amides is 1. The van der Waals surface area contributed by atoms with Crippen molar-refractivity contribution in [2.45, 2.75) is 19.9 Å². The predicted octanol–water partition coefficient (Wildman–Crippen LogP) is 0.764. The minimum atomic E-state index is -1.90. The highest BCUT2D eigenvalue weighted by Gasteiger charge is 2.68. The molecule has 3 aliphatic rings. The number of hydrogen-bond donors (Lipinski definition) is 1. The molecule has 0 aromatic heterocycles. The number of hydrogen-bond acceptors (Lipinski definition) is 5. The van der Waals surface area contributed by atoms with E-state index in [1.807, 2.05) is 24.3 Å². The summed E-state index contributed by atoms with van der Waals surface area (Å²) in [6.45, 7) is 3.32. The summed E-state index contributed by atoms with van der Waals surface area (Å²) < 4.78 is 0. The lowest BCUT2D eigenvalue weighted by molar-refractivity contribution is -0.125. The molecule has 1 amide bonds. The molecule has 0 unspecified atom stereocenters. The van der Waals surface area contributed by atoms with Gasteiger partial charge in [-0.05, 0) is 6.92 Å². The molecule has 2 bridgehead atoms. The smallest absolute Gasteiger partial charge is 0.224 e. The van der Waals surface area contributed by atoms with Crippen LogP contribution in [0.15, 0.2) is 11.6 Å².